The molecular formula is C28H24ClFN4O2S2. The van der Waals surface area contributed by atoms with E-state index < -0.39 is 5.82 Å². The standard InChI is InChI=1S/C28H24ClFN4O2S2/c29-20-6-4-18(5-7-20)22-15-21(30)8-9-23(22)32-27(36)24-16-38-28(33-24)19-10-13-34(14-11-19)26(35)17-37-25-3-1-2-12-31-25/h1-9,12,15-16,19H,10-11,13-14,17H2,(H,32,36). The number of amides is 2. The number of carbonyl (C=O) groups is 2. The number of carbonyl (C=O) groups excluding carboxylic acids is 2. The summed E-state index contributed by atoms with van der Waals surface area (Å²) < 4.78 is 14.0. The minimum atomic E-state index is -0.399. The largest absolute Gasteiger partial charge is 0.342 e. The van der Waals surface area contributed by atoms with Gasteiger partial charge in [0.2, 0.25) is 5.91 Å². The Bertz CT molecular complexity index is 1420. The molecule has 10 heteroatoms. The van der Waals surface area contributed by atoms with Crippen molar-refractivity contribution in [3.05, 3.63) is 93.8 Å². The molecule has 1 aliphatic rings. The number of pyridine rings is 1. The molecule has 0 radical (unpaired) electrons. The van der Waals surface area contributed by atoms with Crippen molar-refractivity contribution < 1.29 is 14.0 Å². The molecule has 0 saturated carbocycles. The van der Waals surface area contributed by atoms with Crippen LogP contribution in [0.1, 0.15) is 34.3 Å². The normalized spacial score (nSPS) is 13.9. The summed E-state index contributed by atoms with van der Waals surface area (Å²) in [4.78, 5) is 36.4. The third-order valence-electron chi connectivity index (χ3n) is 6.32. The first-order chi connectivity index (χ1) is 18.5. The Balaban J connectivity index is 1.19. The lowest BCUT2D eigenvalue weighted by Crippen LogP contribution is -2.38. The van der Waals surface area contributed by atoms with Crippen molar-refractivity contribution in [1.82, 2.24) is 14.9 Å². The SMILES string of the molecule is O=C(Nc1ccc(F)cc1-c1ccc(Cl)cc1)c1csc(C2CCN(C(=O)CSc3ccccn3)CC2)n1. The average molecular weight is 567 g/mol. The Morgan fingerprint density at radius 3 is 2.63 bits per heavy atom. The first-order valence-electron chi connectivity index (χ1n) is 12.1. The number of piperidine rings is 1. The van der Waals surface area contributed by atoms with E-state index in [-0.39, 0.29) is 17.7 Å². The first kappa shape index (κ1) is 26.3. The van der Waals surface area contributed by atoms with Gasteiger partial charge in [-0.1, -0.05) is 41.6 Å². The Hall–Kier alpha value is -3.27. The van der Waals surface area contributed by atoms with Crippen molar-refractivity contribution in [2.75, 3.05) is 24.2 Å². The Labute approximate surface area is 233 Å². The van der Waals surface area contributed by atoms with Gasteiger partial charge in [0, 0.05) is 46.9 Å². The molecule has 194 valence electrons. The van der Waals surface area contributed by atoms with Gasteiger partial charge >= 0.3 is 0 Å². The molecule has 38 heavy (non-hydrogen) atoms. The monoisotopic (exact) mass is 566 g/mol. The Morgan fingerprint density at radius 2 is 1.89 bits per heavy atom. The number of nitrogens with one attached hydrogen (secondary N) is 1. The maximum atomic E-state index is 14.0. The maximum absolute atomic E-state index is 14.0. The highest BCUT2D eigenvalue weighted by Crippen LogP contribution is 2.33. The fourth-order valence-electron chi connectivity index (χ4n) is 4.29. The highest BCUT2D eigenvalue weighted by molar-refractivity contribution is 7.99. The number of nitrogens with zero attached hydrogens (tertiary/aromatic N) is 3. The van der Waals surface area contributed by atoms with Crippen molar-refractivity contribution in [3.8, 4) is 11.1 Å². The molecule has 0 atom stereocenters. The molecule has 1 saturated heterocycles. The van der Waals surface area contributed by atoms with Crippen LogP contribution in [0.2, 0.25) is 5.02 Å². The van der Waals surface area contributed by atoms with Gasteiger partial charge in [0.25, 0.3) is 5.91 Å². The lowest BCUT2D eigenvalue weighted by molar-refractivity contribution is -0.129. The van der Waals surface area contributed by atoms with Gasteiger partial charge in [-0.15, -0.1) is 11.3 Å². The second-order valence-corrected chi connectivity index (χ2v) is 11.2. The summed E-state index contributed by atoms with van der Waals surface area (Å²) in [6.45, 7) is 1.32. The number of halogens is 2. The Kier molecular flexibility index (Phi) is 8.36. The quantitative estimate of drug-likeness (QED) is 0.250. The van der Waals surface area contributed by atoms with Crippen molar-refractivity contribution in [3.63, 3.8) is 0 Å². The van der Waals surface area contributed by atoms with Gasteiger partial charge in [0.05, 0.1) is 15.8 Å². The summed E-state index contributed by atoms with van der Waals surface area (Å²) in [6.07, 6.45) is 3.32. The van der Waals surface area contributed by atoms with Crippen molar-refractivity contribution in [1.29, 1.82) is 0 Å². The molecule has 5 rings (SSSR count). The molecule has 0 unspecified atom stereocenters. The number of hydrogen-bond acceptors (Lipinski definition) is 6. The summed E-state index contributed by atoms with van der Waals surface area (Å²) >= 11 is 8.89. The zero-order valence-electron chi connectivity index (χ0n) is 20.3. The second kappa shape index (κ2) is 12.1. The number of aromatic nitrogens is 2. The van der Waals surface area contributed by atoms with Gasteiger partial charge in [-0.25, -0.2) is 14.4 Å². The summed E-state index contributed by atoms with van der Waals surface area (Å²) in [6, 6.07) is 16.9. The smallest absolute Gasteiger partial charge is 0.275 e. The number of thiazole rings is 1. The van der Waals surface area contributed by atoms with Gasteiger partial charge in [0.1, 0.15) is 11.5 Å². The van der Waals surface area contributed by atoms with Crippen LogP contribution in [0.25, 0.3) is 11.1 Å². The van der Waals surface area contributed by atoms with Gasteiger partial charge in [-0.05, 0) is 60.9 Å². The number of thioether (sulfide) groups is 1. The van der Waals surface area contributed by atoms with Crippen molar-refractivity contribution in [2.24, 2.45) is 0 Å². The highest BCUT2D eigenvalue weighted by Gasteiger charge is 2.26. The molecule has 2 amide bonds. The first-order valence-corrected chi connectivity index (χ1v) is 14.3. The number of anilines is 1. The molecule has 0 bridgehead atoms. The fraction of sp³-hybridized carbons (Fsp3) is 0.214. The van der Waals surface area contributed by atoms with Crippen LogP contribution in [0.3, 0.4) is 0 Å². The van der Waals surface area contributed by atoms with E-state index in [1.807, 2.05) is 23.1 Å². The lowest BCUT2D eigenvalue weighted by Gasteiger charge is -2.31. The van der Waals surface area contributed by atoms with Gasteiger partial charge < -0.3 is 10.2 Å². The molecule has 2 aromatic carbocycles. The zero-order chi connectivity index (χ0) is 26.5. The number of benzene rings is 2. The third-order valence-corrected chi connectivity index (χ3v) is 8.51. The maximum Gasteiger partial charge on any atom is 0.275 e. The van der Waals surface area contributed by atoms with Gasteiger partial charge in [-0.3, -0.25) is 9.59 Å². The van der Waals surface area contributed by atoms with E-state index in [9.17, 15) is 14.0 Å². The Morgan fingerprint density at radius 1 is 1.11 bits per heavy atom. The van der Waals surface area contributed by atoms with E-state index >= 15 is 0 Å². The molecule has 2 aromatic heterocycles. The van der Waals surface area contributed by atoms with Crippen LogP contribution in [-0.4, -0.2) is 45.5 Å². The zero-order valence-corrected chi connectivity index (χ0v) is 22.7. The lowest BCUT2D eigenvalue weighted by atomic mass is 9.97. The molecule has 6 nitrogen and oxygen atoms in total. The van der Waals surface area contributed by atoms with Crippen LogP contribution in [0, 0.1) is 5.82 Å². The second-order valence-electron chi connectivity index (χ2n) is 8.83. The molecular weight excluding hydrogens is 543 g/mol. The molecule has 1 N–H and O–H groups in total. The number of hydrogen-bond donors (Lipinski definition) is 1. The molecule has 0 spiro atoms. The topological polar surface area (TPSA) is 75.2 Å². The molecule has 0 aliphatic carbocycles. The predicted octanol–water partition coefficient (Wildman–Crippen LogP) is 6.75. The molecule has 4 aromatic rings. The minimum Gasteiger partial charge on any atom is -0.342 e. The number of likely N-dealkylation sites (tertiary alicyclic amines) is 1. The summed E-state index contributed by atoms with van der Waals surface area (Å²) in [5.41, 5.74) is 2.11. The van der Waals surface area contributed by atoms with Crippen molar-refractivity contribution >= 4 is 52.2 Å². The average Bonchev–Trinajstić information content (AvgIpc) is 3.44. The van der Waals surface area contributed by atoms with Gasteiger partial charge in [0.15, 0.2) is 0 Å². The molecule has 1 aliphatic heterocycles. The third kappa shape index (κ3) is 6.40. The van der Waals surface area contributed by atoms with Crippen molar-refractivity contribution in [2.45, 2.75) is 23.8 Å². The van der Waals surface area contributed by atoms with E-state index in [0.717, 1.165) is 28.4 Å². The van der Waals surface area contributed by atoms with Crippen LogP contribution in [0.15, 0.2) is 77.3 Å². The van der Waals surface area contributed by atoms with Crippen LogP contribution in [0.5, 0.6) is 0 Å². The van der Waals surface area contributed by atoms with Crippen LogP contribution in [0.4, 0.5) is 10.1 Å². The van der Waals surface area contributed by atoms with Gasteiger partial charge in [-0.2, -0.15) is 0 Å². The number of rotatable bonds is 7. The summed E-state index contributed by atoms with van der Waals surface area (Å²) in [5.74, 6) is -0.0823. The highest BCUT2D eigenvalue weighted by atomic mass is 35.5. The van der Waals surface area contributed by atoms with Crippen LogP contribution in [-0.2, 0) is 4.79 Å². The molecule has 3 heterocycles. The minimum absolute atomic E-state index is 0.106. The predicted molar refractivity (Wildman–Crippen MR) is 150 cm³/mol. The van der Waals surface area contributed by atoms with E-state index in [2.05, 4.69) is 15.3 Å². The fourth-order valence-corrected chi connectivity index (χ4v) is 6.16. The summed E-state index contributed by atoms with van der Waals surface area (Å²) in [7, 11) is 0. The van der Waals surface area contributed by atoms with E-state index in [4.69, 9.17) is 11.6 Å². The molecule has 1 fully saturated rings. The van der Waals surface area contributed by atoms with E-state index in [0.29, 0.717) is 40.8 Å². The van der Waals surface area contributed by atoms with Crippen LogP contribution >= 0.6 is 34.7 Å². The van der Waals surface area contributed by atoms with E-state index in [1.54, 1.807) is 41.9 Å². The van der Waals surface area contributed by atoms with Crippen LogP contribution < -0.4 is 5.32 Å². The van der Waals surface area contributed by atoms with E-state index in [1.165, 1.54) is 35.2 Å². The summed E-state index contributed by atoms with van der Waals surface area (Å²) in [5, 5.41) is 6.93.